The van der Waals surface area contributed by atoms with Crippen LogP contribution in [0, 0.1) is 5.82 Å². The van der Waals surface area contributed by atoms with Crippen LogP contribution in [0.5, 0.6) is 5.75 Å². The molecule has 0 unspecified atom stereocenters. The van der Waals surface area contributed by atoms with Gasteiger partial charge in [-0.2, -0.15) is 0 Å². The summed E-state index contributed by atoms with van der Waals surface area (Å²) in [6.45, 7) is 0. The molecule has 0 saturated carbocycles. The lowest BCUT2D eigenvalue weighted by Crippen LogP contribution is -2.26. The summed E-state index contributed by atoms with van der Waals surface area (Å²) in [6, 6.07) is 16.4. The number of ether oxygens (including phenoxy) is 1. The quantitative estimate of drug-likeness (QED) is 0.361. The third-order valence-electron chi connectivity index (χ3n) is 4.97. The molecule has 0 saturated heterocycles. The van der Waals surface area contributed by atoms with Gasteiger partial charge < -0.3 is 10.1 Å². The average molecular weight is 505 g/mol. The summed E-state index contributed by atoms with van der Waals surface area (Å²) >= 11 is 7.40. The zero-order valence-corrected chi connectivity index (χ0v) is 19.9. The number of nitrogens with zero attached hydrogens (tertiary/aromatic N) is 1. The maximum atomic E-state index is 13.2. The maximum absolute atomic E-state index is 13.2. The topological polar surface area (TPSA) is 75.7 Å². The molecule has 3 aromatic carbocycles. The van der Waals surface area contributed by atoms with Crippen molar-refractivity contribution < 1.29 is 22.3 Å². The fourth-order valence-electron chi connectivity index (χ4n) is 3.18. The third kappa shape index (κ3) is 4.66. The Morgan fingerprint density at radius 2 is 1.79 bits per heavy atom. The van der Waals surface area contributed by atoms with Crippen molar-refractivity contribution in [3.8, 4) is 5.75 Å². The number of carbonyl (C=O) groups excluding carboxylic acids is 1. The molecule has 4 aromatic rings. The van der Waals surface area contributed by atoms with E-state index in [-0.39, 0.29) is 10.8 Å². The monoisotopic (exact) mass is 504 g/mol. The molecule has 0 atom stereocenters. The van der Waals surface area contributed by atoms with Gasteiger partial charge in [0.15, 0.2) is 0 Å². The Bertz CT molecular complexity index is 1450. The second-order valence-electron chi connectivity index (χ2n) is 7.06. The van der Waals surface area contributed by atoms with E-state index in [2.05, 4.69) is 5.32 Å². The molecular formula is C23H18ClFN2O4S2. The average Bonchev–Trinajstić information content (AvgIpc) is 3.22. The minimum atomic E-state index is -3.87. The van der Waals surface area contributed by atoms with Crippen LogP contribution >= 0.6 is 22.9 Å². The van der Waals surface area contributed by atoms with Gasteiger partial charge in [-0.1, -0.05) is 11.6 Å². The Balaban J connectivity index is 1.58. The van der Waals surface area contributed by atoms with Crippen LogP contribution in [0.4, 0.5) is 15.8 Å². The SMILES string of the molecule is COc1ccc(NC(=O)c2cc3cc(N(C)S(=O)(=O)c4ccc(F)cc4)ccc3s2)cc1Cl. The number of amides is 1. The summed E-state index contributed by atoms with van der Waals surface area (Å²) in [5.74, 6) is -0.325. The Morgan fingerprint density at radius 1 is 1.06 bits per heavy atom. The van der Waals surface area contributed by atoms with Gasteiger partial charge in [-0.05, 0) is 72.1 Å². The van der Waals surface area contributed by atoms with Crippen molar-refractivity contribution in [3.05, 3.63) is 82.4 Å². The number of anilines is 2. The van der Waals surface area contributed by atoms with Gasteiger partial charge in [0, 0.05) is 17.4 Å². The van der Waals surface area contributed by atoms with Crippen LogP contribution in [-0.4, -0.2) is 28.5 Å². The highest BCUT2D eigenvalue weighted by atomic mass is 35.5. The van der Waals surface area contributed by atoms with Crippen LogP contribution in [0.1, 0.15) is 9.67 Å². The zero-order valence-electron chi connectivity index (χ0n) is 17.5. The first kappa shape index (κ1) is 23.0. The standard InChI is InChI=1S/C23H18ClFN2O4S2/c1-27(33(29,30)18-7-3-15(25)4-8-18)17-6-10-21-14(11-17)12-22(32-21)23(28)26-16-5-9-20(31-2)19(24)13-16/h3-13H,1-2H3,(H,26,28). The Morgan fingerprint density at radius 3 is 2.45 bits per heavy atom. The van der Waals surface area contributed by atoms with Crippen molar-refractivity contribution in [1.29, 1.82) is 0 Å². The van der Waals surface area contributed by atoms with Crippen LogP contribution in [0.3, 0.4) is 0 Å². The predicted octanol–water partition coefficient (Wildman–Crippen LogP) is 5.78. The number of hydrogen-bond donors (Lipinski definition) is 1. The van der Waals surface area contributed by atoms with Gasteiger partial charge in [0.2, 0.25) is 0 Å². The van der Waals surface area contributed by atoms with E-state index in [4.69, 9.17) is 16.3 Å². The van der Waals surface area contributed by atoms with Gasteiger partial charge in [-0.3, -0.25) is 9.10 Å². The highest BCUT2D eigenvalue weighted by molar-refractivity contribution is 7.92. The molecule has 1 N–H and O–H groups in total. The second kappa shape index (κ2) is 9.01. The number of nitrogens with one attached hydrogen (secondary N) is 1. The van der Waals surface area contributed by atoms with Crippen molar-refractivity contribution in [2.45, 2.75) is 4.90 Å². The summed E-state index contributed by atoms with van der Waals surface area (Å²) in [5, 5.41) is 3.89. The van der Waals surface area contributed by atoms with E-state index in [1.165, 1.54) is 37.6 Å². The summed E-state index contributed by atoms with van der Waals surface area (Å²) in [7, 11) is -0.938. The van der Waals surface area contributed by atoms with E-state index in [0.29, 0.717) is 27.0 Å². The number of hydrogen-bond acceptors (Lipinski definition) is 5. The predicted molar refractivity (Wildman–Crippen MR) is 130 cm³/mol. The van der Waals surface area contributed by atoms with E-state index in [0.717, 1.165) is 26.5 Å². The molecule has 0 aliphatic carbocycles. The molecule has 1 heterocycles. The van der Waals surface area contributed by atoms with E-state index in [9.17, 15) is 17.6 Å². The Hall–Kier alpha value is -3.14. The Kier molecular flexibility index (Phi) is 6.29. The minimum Gasteiger partial charge on any atom is -0.495 e. The summed E-state index contributed by atoms with van der Waals surface area (Å²) in [5.41, 5.74) is 0.938. The normalized spacial score (nSPS) is 11.4. The summed E-state index contributed by atoms with van der Waals surface area (Å²) in [6.07, 6.45) is 0. The van der Waals surface area contributed by atoms with Gasteiger partial charge in [0.1, 0.15) is 11.6 Å². The largest absolute Gasteiger partial charge is 0.495 e. The van der Waals surface area contributed by atoms with Crippen molar-refractivity contribution >= 4 is 60.3 Å². The molecule has 170 valence electrons. The van der Waals surface area contributed by atoms with Crippen molar-refractivity contribution in [3.63, 3.8) is 0 Å². The molecule has 10 heteroatoms. The second-order valence-corrected chi connectivity index (χ2v) is 10.5. The number of fused-ring (bicyclic) bond motifs is 1. The number of methoxy groups -OCH3 is 1. The van der Waals surface area contributed by atoms with Crippen LogP contribution in [0.2, 0.25) is 5.02 Å². The lowest BCUT2D eigenvalue weighted by molar-refractivity contribution is 0.103. The van der Waals surface area contributed by atoms with Gasteiger partial charge in [-0.15, -0.1) is 11.3 Å². The number of thiophene rings is 1. The van der Waals surface area contributed by atoms with E-state index < -0.39 is 15.8 Å². The molecule has 6 nitrogen and oxygen atoms in total. The Labute approximate surface area is 199 Å². The highest BCUT2D eigenvalue weighted by Crippen LogP contribution is 2.32. The maximum Gasteiger partial charge on any atom is 0.265 e. The van der Waals surface area contributed by atoms with Crippen LogP contribution in [0.25, 0.3) is 10.1 Å². The van der Waals surface area contributed by atoms with Gasteiger partial charge in [0.25, 0.3) is 15.9 Å². The molecule has 0 bridgehead atoms. The van der Waals surface area contributed by atoms with Crippen LogP contribution in [0.15, 0.2) is 71.6 Å². The van der Waals surface area contributed by atoms with Crippen molar-refractivity contribution in [1.82, 2.24) is 0 Å². The third-order valence-corrected chi connectivity index (χ3v) is 8.18. The lowest BCUT2D eigenvalue weighted by Gasteiger charge is -2.19. The molecule has 33 heavy (non-hydrogen) atoms. The molecule has 1 aromatic heterocycles. The molecular weight excluding hydrogens is 487 g/mol. The first-order valence-electron chi connectivity index (χ1n) is 9.62. The fraction of sp³-hybridized carbons (Fsp3) is 0.0870. The number of rotatable bonds is 6. The first-order chi connectivity index (χ1) is 15.7. The molecule has 0 radical (unpaired) electrons. The minimum absolute atomic E-state index is 0.0185. The van der Waals surface area contributed by atoms with Crippen LogP contribution < -0.4 is 14.4 Å². The fourth-order valence-corrected chi connectivity index (χ4v) is 5.56. The summed E-state index contributed by atoms with van der Waals surface area (Å²) in [4.78, 5) is 13.2. The van der Waals surface area contributed by atoms with Gasteiger partial charge >= 0.3 is 0 Å². The molecule has 0 aliphatic heterocycles. The van der Waals surface area contributed by atoms with E-state index in [1.54, 1.807) is 42.5 Å². The molecule has 0 fully saturated rings. The molecule has 0 spiro atoms. The number of benzene rings is 3. The summed E-state index contributed by atoms with van der Waals surface area (Å²) < 4.78 is 46.0. The van der Waals surface area contributed by atoms with Crippen LogP contribution in [-0.2, 0) is 10.0 Å². The smallest absolute Gasteiger partial charge is 0.265 e. The van der Waals surface area contributed by atoms with E-state index >= 15 is 0 Å². The number of halogens is 2. The highest BCUT2D eigenvalue weighted by Gasteiger charge is 2.22. The van der Waals surface area contributed by atoms with Gasteiger partial charge in [-0.25, -0.2) is 12.8 Å². The number of carbonyl (C=O) groups is 1. The zero-order chi connectivity index (χ0) is 23.8. The molecule has 1 amide bonds. The lowest BCUT2D eigenvalue weighted by atomic mass is 10.2. The molecule has 0 aliphatic rings. The van der Waals surface area contributed by atoms with Crippen molar-refractivity contribution in [2.75, 3.05) is 23.8 Å². The van der Waals surface area contributed by atoms with Crippen molar-refractivity contribution in [2.24, 2.45) is 0 Å². The number of sulfonamides is 1. The first-order valence-corrected chi connectivity index (χ1v) is 12.3. The molecule has 4 rings (SSSR count). The van der Waals surface area contributed by atoms with Gasteiger partial charge in [0.05, 0.1) is 27.6 Å². The van der Waals surface area contributed by atoms with E-state index in [1.807, 2.05) is 0 Å².